The lowest BCUT2D eigenvalue weighted by molar-refractivity contribution is -0.0712. The first-order chi connectivity index (χ1) is 9.37. The highest BCUT2D eigenvalue weighted by atomic mass is 31.2. The maximum atomic E-state index is 11.8. The minimum atomic E-state index is -4.29. The molecule has 0 aliphatic carbocycles. The maximum Gasteiger partial charge on any atom is 0.472 e. The van der Waals surface area contributed by atoms with Gasteiger partial charge in [-0.15, -0.1) is 0 Å². The fraction of sp³-hybridized carbons (Fsp3) is 0.556. The van der Waals surface area contributed by atoms with E-state index < -0.39 is 38.1 Å². The second kappa shape index (κ2) is 4.62. The van der Waals surface area contributed by atoms with Crippen LogP contribution in [0.1, 0.15) is 6.23 Å². The van der Waals surface area contributed by atoms with Crippen LogP contribution in [0.2, 0.25) is 0 Å². The first-order valence-electron chi connectivity index (χ1n) is 5.71. The van der Waals surface area contributed by atoms with E-state index in [4.69, 9.17) is 15.0 Å². The highest BCUT2D eigenvalue weighted by Crippen LogP contribution is 2.52. The van der Waals surface area contributed by atoms with Crippen LogP contribution in [-0.4, -0.2) is 44.5 Å². The number of ether oxygens (including phenoxy) is 1. The molecule has 3 rings (SSSR count). The van der Waals surface area contributed by atoms with Crippen molar-refractivity contribution in [1.82, 2.24) is 9.55 Å². The largest absolute Gasteiger partial charge is 0.472 e. The number of aliphatic hydroxyl groups is 1. The van der Waals surface area contributed by atoms with Gasteiger partial charge in [0.25, 0.3) is 0 Å². The number of aliphatic hydroxyl groups excluding tert-OH is 1. The number of phosphoric ester groups is 1. The van der Waals surface area contributed by atoms with Gasteiger partial charge in [-0.25, -0.2) is 9.36 Å². The van der Waals surface area contributed by atoms with E-state index >= 15 is 0 Å². The maximum absolute atomic E-state index is 11.8. The highest BCUT2D eigenvalue weighted by molar-refractivity contribution is 7.47. The summed E-state index contributed by atoms with van der Waals surface area (Å²) in [6.07, 6.45) is -3.07. The van der Waals surface area contributed by atoms with Crippen molar-refractivity contribution in [3.05, 3.63) is 22.7 Å². The number of fused-ring (bicyclic) bond motifs is 2. The van der Waals surface area contributed by atoms with E-state index in [0.29, 0.717) is 0 Å². The quantitative estimate of drug-likeness (QED) is 0.533. The molecule has 1 unspecified atom stereocenters. The van der Waals surface area contributed by atoms with Gasteiger partial charge in [0.1, 0.15) is 24.1 Å². The molecule has 110 valence electrons. The summed E-state index contributed by atoms with van der Waals surface area (Å²) in [5.74, 6) is 0.0297. The zero-order valence-electron chi connectivity index (χ0n) is 10.0. The minimum absolute atomic E-state index is 0.0297. The molecule has 10 nitrogen and oxygen atoms in total. The van der Waals surface area contributed by atoms with Gasteiger partial charge in [0.2, 0.25) is 0 Å². The fourth-order valence-electron chi connectivity index (χ4n) is 2.16. The van der Waals surface area contributed by atoms with Gasteiger partial charge in [-0.2, -0.15) is 4.98 Å². The van der Waals surface area contributed by atoms with Crippen molar-refractivity contribution in [2.75, 3.05) is 12.3 Å². The van der Waals surface area contributed by atoms with Gasteiger partial charge in [-0.1, -0.05) is 0 Å². The standard InChI is InChI=1S/C9H12N3O7P/c10-5-1-2-12(9(14)11-5)8-7-6(13)4(18-8)3-17-20(15,16)19-7/h1-2,4,6-8,13H,3H2,(H,15,16)(H2,10,11,14)/t4-,6-,7+,8-/m1/s1. The van der Waals surface area contributed by atoms with Gasteiger partial charge in [-0.05, 0) is 6.07 Å². The van der Waals surface area contributed by atoms with Crippen LogP contribution in [0.5, 0.6) is 0 Å². The van der Waals surface area contributed by atoms with Crippen molar-refractivity contribution < 1.29 is 28.3 Å². The topological polar surface area (TPSA) is 146 Å². The Morgan fingerprint density at radius 3 is 3.00 bits per heavy atom. The first kappa shape index (κ1) is 13.7. The smallest absolute Gasteiger partial charge is 0.387 e. The SMILES string of the molecule is Nc1ccn([C@@H]2O[C@@H]3COP(=O)(O)O[C@H]2[C@@H]3O)c(=O)n1. The lowest BCUT2D eigenvalue weighted by Crippen LogP contribution is -2.36. The molecule has 0 amide bonds. The lowest BCUT2D eigenvalue weighted by Gasteiger charge is -2.24. The van der Waals surface area contributed by atoms with E-state index in [1.165, 1.54) is 12.3 Å². The molecular formula is C9H12N3O7P. The van der Waals surface area contributed by atoms with Crippen LogP contribution in [0.3, 0.4) is 0 Å². The van der Waals surface area contributed by atoms with Gasteiger partial charge in [-0.3, -0.25) is 13.6 Å². The molecule has 1 aromatic heterocycles. The first-order valence-corrected chi connectivity index (χ1v) is 7.21. The van der Waals surface area contributed by atoms with E-state index in [1.807, 2.05) is 0 Å². The Balaban J connectivity index is 1.99. The van der Waals surface area contributed by atoms with Gasteiger partial charge >= 0.3 is 13.5 Å². The number of aromatic nitrogens is 2. The highest BCUT2D eigenvalue weighted by Gasteiger charge is 2.52. The van der Waals surface area contributed by atoms with Gasteiger partial charge in [0.05, 0.1) is 6.61 Å². The van der Waals surface area contributed by atoms with E-state index in [2.05, 4.69) is 9.51 Å². The third-order valence-corrected chi connectivity index (χ3v) is 4.08. The van der Waals surface area contributed by atoms with Crippen molar-refractivity contribution >= 4 is 13.6 Å². The number of hydrogen-bond donors (Lipinski definition) is 3. The van der Waals surface area contributed by atoms with Crippen LogP contribution in [0.4, 0.5) is 5.82 Å². The van der Waals surface area contributed by atoms with Crippen LogP contribution in [0, 0.1) is 0 Å². The molecule has 5 atom stereocenters. The number of nitrogen functional groups attached to an aromatic ring is 1. The molecule has 2 aliphatic rings. The molecule has 4 N–H and O–H groups in total. The normalized spacial score (nSPS) is 40.5. The van der Waals surface area contributed by atoms with Gasteiger partial charge < -0.3 is 20.5 Å². The molecule has 2 aliphatic heterocycles. The summed E-state index contributed by atoms with van der Waals surface area (Å²) >= 11 is 0. The Bertz CT molecular complexity index is 634. The zero-order chi connectivity index (χ0) is 14.5. The Morgan fingerprint density at radius 1 is 1.55 bits per heavy atom. The number of phosphoric acid groups is 1. The molecule has 0 aromatic carbocycles. The van der Waals surface area contributed by atoms with Crippen molar-refractivity contribution in [3.8, 4) is 0 Å². The summed E-state index contributed by atoms with van der Waals surface area (Å²) < 4.78 is 27.4. The summed E-state index contributed by atoms with van der Waals surface area (Å²) in [5, 5.41) is 9.98. The molecule has 0 saturated carbocycles. The summed E-state index contributed by atoms with van der Waals surface area (Å²) in [6.45, 7) is -0.320. The molecule has 11 heteroatoms. The van der Waals surface area contributed by atoms with Crippen LogP contribution < -0.4 is 11.4 Å². The third-order valence-electron chi connectivity index (χ3n) is 3.10. The van der Waals surface area contributed by atoms with E-state index in [1.54, 1.807) is 0 Å². The van der Waals surface area contributed by atoms with Crippen LogP contribution in [-0.2, 0) is 18.3 Å². The van der Waals surface area contributed by atoms with Crippen molar-refractivity contribution in [2.45, 2.75) is 24.5 Å². The van der Waals surface area contributed by atoms with Crippen molar-refractivity contribution in [1.29, 1.82) is 0 Å². The molecule has 0 spiro atoms. The minimum Gasteiger partial charge on any atom is -0.387 e. The average molecular weight is 305 g/mol. The van der Waals surface area contributed by atoms with Crippen molar-refractivity contribution in [3.63, 3.8) is 0 Å². The number of anilines is 1. The molecule has 0 radical (unpaired) electrons. The molecule has 2 saturated heterocycles. The van der Waals surface area contributed by atoms with Gasteiger partial charge in [0, 0.05) is 6.20 Å². The monoisotopic (exact) mass is 305 g/mol. The number of hydrogen-bond acceptors (Lipinski definition) is 8. The third kappa shape index (κ3) is 2.26. The summed E-state index contributed by atoms with van der Waals surface area (Å²) in [6, 6.07) is 1.36. The molecule has 1 aromatic rings. The molecule has 2 bridgehead atoms. The second-order valence-corrected chi connectivity index (χ2v) is 5.84. The van der Waals surface area contributed by atoms with E-state index in [9.17, 15) is 19.4 Å². The number of nitrogens with two attached hydrogens (primary N) is 1. The van der Waals surface area contributed by atoms with E-state index in [0.717, 1.165) is 4.57 Å². The molecule has 3 heterocycles. The predicted octanol–water partition coefficient (Wildman–Crippen LogP) is -1.40. The molecule has 2 fully saturated rings. The molecular weight excluding hydrogens is 293 g/mol. The Kier molecular flexibility index (Phi) is 3.16. The second-order valence-electron chi connectivity index (χ2n) is 4.43. The number of nitrogens with zero attached hydrogens (tertiary/aromatic N) is 2. The summed E-state index contributed by atoms with van der Waals surface area (Å²) in [7, 11) is -4.29. The Labute approximate surface area is 112 Å². The van der Waals surface area contributed by atoms with E-state index in [-0.39, 0.29) is 12.4 Å². The number of rotatable bonds is 1. The summed E-state index contributed by atoms with van der Waals surface area (Å²) in [5.41, 5.74) is 4.66. The Morgan fingerprint density at radius 2 is 2.30 bits per heavy atom. The predicted molar refractivity (Wildman–Crippen MR) is 63.5 cm³/mol. The fourth-order valence-corrected chi connectivity index (χ4v) is 3.10. The van der Waals surface area contributed by atoms with Crippen molar-refractivity contribution in [2.24, 2.45) is 0 Å². The van der Waals surface area contributed by atoms with Gasteiger partial charge in [0.15, 0.2) is 6.23 Å². The van der Waals surface area contributed by atoms with Crippen LogP contribution >= 0.6 is 7.82 Å². The average Bonchev–Trinajstić information content (AvgIpc) is 2.58. The summed E-state index contributed by atoms with van der Waals surface area (Å²) in [4.78, 5) is 24.7. The lowest BCUT2D eigenvalue weighted by atomic mass is 10.1. The molecule has 20 heavy (non-hydrogen) atoms. The Hall–Kier alpha value is -1.29. The van der Waals surface area contributed by atoms with Crippen LogP contribution in [0.15, 0.2) is 17.1 Å². The van der Waals surface area contributed by atoms with Crippen LogP contribution in [0.25, 0.3) is 0 Å². The zero-order valence-corrected chi connectivity index (χ0v) is 10.9.